The molecule has 0 aliphatic heterocycles. The second kappa shape index (κ2) is 11.1. The molecule has 0 spiro atoms. The van der Waals surface area contributed by atoms with Crippen molar-refractivity contribution in [1.82, 2.24) is 20.5 Å². The first-order valence-corrected chi connectivity index (χ1v) is 9.65. The van der Waals surface area contributed by atoms with Crippen LogP contribution in [0.2, 0.25) is 0 Å². The number of amides is 1. The fourth-order valence-electron chi connectivity index (χ4n) is 2.51. The Morgan fingerprint density at radius 2 is 1.81 bits per heavy atom. The van der Waals surface area contributed by atoms with Gasteiger partial charge in [-0.25, -0.2) is 4.99 Å². The van der Waals surface area contributed by atoms with E-state index >= 15 is 0 Å². The Bertz CT molecular complexity index is 707. The number of rotatable bonds is 9. The van der Waals surface area contributed by atoms with Gasteiger partial charge in [0.1, 0.15) is 0 Å². The summed E-state index contributed by atoms with van der Waals surface area (Å²) in [6, 6.07) is 11.8. The second-order valence-electron chi connectivity index (χ2n) is 6.52. The third-order valence-corrected chi connectivity index (χ3v) is 4.30. The van der Waals surface area contributed by atoms with Gasteiger partial charge < -0.3 is 20.5 Å². The second-order valence-corrected chi connectivity index (χ2v) is 6.52. The molecule has 0 aliphatic carbocycles. The molecule has 6 heteroatoms. The molecule has 1 aromatic carbocycles. The van der Waals surface area contributed by atoms with E-state index in [1.807, 2.05) is 62.6 Å². The zero-order valence-electron chi connectivity index (χ0n) is 16.5. The van der Waals surface area contributed by atoms with E-state index in [-0.39, 0.29) is 11.9 Å². The average Bonchev–Trinajstić information content (AvgIpc) is 3.19. The van der Waals surface area contributed by atoms with Crippen molar-refractivity contribution in [3.8, 4) is 0 Å². The summed E-state index contributed by atoms with van der Waals surface area (Å²) in [6.45, 7) is 9.17. The number of aromatic nitrogens is 1. The molecular weight excluding hydrogens is 338 g/mol. The highest BCUT2D eigenvalue weighted by Gasteiger charge is 2.08. The molecule has 6 nitrogen and oxygen atoms in total. The maximum Gasteiger partial charge on any atom is 0.251 e. The molecule has 2 rings (SSSR count). The fraction of sp³-hybridized carbons (Fsp3) is 0.429. The predicted octanol–water partition coefficient (Wildman–Crippen LogP) is 2.77. The number of nitrogens with zero attached hydrogens (tertiary/aromatic N) is 2. The van der Waals surface area contributed by atoms with E-state index in [4.69, 9.17) is 0 Å². The lowest BCUT2D eigenvalue weighted by molar-refractivity contribution is 0.0939. The number of nitrogens with one attached hydrogen (secondary N) is 3. The summed E-state index contributed by atoms with van der Waals surface area (Å²) in [5.41, 5.74) is 1.75. The number of carbonyl (C=O) groups excluding carboxylic acids is 1. The number of hydrogen-bond acceptors (Lipinski definition) is 2. The van der Waals surface area contributed by atoms with Crippen molar-refractivity contribution in [1.29, 1.82) is 0 Å². The van der Waals surface area contributed by atoms with Crippen molar-refractivity contribution in [3.63, 3.8) is 0 Å². The summed E-state index contributed by atoms with van der Waals surface area (Å²) in [4.78, 5) is 16.8. The number of hydrogen-bond donors (Lipinski definition) is 3. The summed E-state index contributed by atoms with van der Waals surface area (Å²) >= 11 is 0. The molecule has 1 amide bonds. The quantitative estimate of drug-likeness (QED) is 0.470. The van der Waals surface area contributed by atoms with Crippen LogP contribution in [0.4, 0.5) is 0 Å². The molecule has 2 aromatic rings. The van der Waals surface area contributed by atoms with Gasteiger partial charge in [0.25, 0.3) is 5.91 Å². The summed E-state index contributed by atoms with van der Waals surface area (Å²) in [5.74, 6) is 0.766. The van der Waals surface area contributed by atoms with Crippen molar-refractivity contribution in [3.05, 3.63) is 59.9 Å². The number of aliphatic imine (C=N–C) groups is 1. The third-order valence-electron chi connectivity index (χ3n) is 4.30. The smallest absolute Gasteiger partial charge is 0.251 e. The first-order valence-electron chi connectivity index (χ1n) is 9.65. The van der Waals surface area contributed by atoms with Crippen LogP contribution in [0.1, 0.15) is 43.1 Å². The van der Waals surface area contributed by atoms with E-state index in [0.29, 0.717) is 12.1 Å². The van der Waals surface area contributed by atoms with Crippen LogP contribution in [0, 0.1) is 0 Å². The van der Waals surface area contributed by atoms with Gasteiger partial charge in [0.2, 0.25) is 0 Å². The van der Waals surface area contributed by atoms with E-state index in [9.17, 15) is 4.79 Å². The van der Waals surface area contributed by atoms with Gasteiger partial charge in [-0.05, 0) is 50.1 Å². The predicted molar refractivity (Wildman–Crippen MR) is 111 cm³/mol. The highest BCUT2D eigenvalue weighted by Crippen LogP contribution is 2.06. The monoisotopic (exact) mass is 369 g/mol. The van der Waals surface area contributed by atoms with E-state index < -0.39 is 0 Å². The minimum absolute atomic E-state index is 0.0283. The van der Waals surface area contributed by atoms with Crippen LogP contribution >= 0.6 is 0 Å². The zero-order valence-corrected chi connectivity index (χ0v) is 16.5. The molecule has 0 fully saturated rings. The first-order chi connectivity index (χ1) is 13.1. The van der Waals surface area contributed by atoms with E-state index in [0.717, 1.165) is 37.6 Å². The first kappa shape index (κ1) is 20.6. The van der Waals surface area contributed by atoms with Crippen LogP contribution in [-0.2, 0) is 13.1 Å². The largest absolute Gasteiger partial charge is 0.357 e. The van der Waals surface area contributed by atoms with E-state index in [1.54, 1.807) is 0 Å². The fourth-order valence-corrected chi connectivity index (χ4v) is 2.51. The molecule has 0 radical (unpaired) electrons. The highest BCUT2D eigenvalue weighted by molar-refractivity contribution is 5.94. The van der Waals surface area contributed by atoms with Crippen molar-refractivity contribution in [2.45, 2.75) is 46.3 Å². The minimum Gasteiger partial charge on any atom is -0.357 e. The van der Waals surface area contributed by atoms with Crippen LogP contribution in [-0.4, -0.2) is 35.6 Å². The van der Waals surface area contributed by atoms with E-state index in [2.05, 4.69) is 32.4 Å². The van der Waals surface area contributed by atoms with Crippen molar-refractivity contribution >= 4 is 11.9 Å². The Morgan fingerprint density at radius 1 is 1.11 bits per heavy atom. The van der Waals surface area contributed by atoms with Crippen LogP contribution in [0.3, 0.4) is 0 Å². The van der Waals surface area contributed by atoms with Gasteiger partial charge in [-0.2, -0.15) is 0 Å². The van der Waals surface area contributed by atoms with Gasteiger partial charge in [-0.1, -0.05) is 19.1 Å². The van der Waals surface area contributed by atoms with Gasteiger partial charge in [-0.15, -0.1) is 0 Å². The van der Waals surface area contributed by atoms with Crippen LogP contribution < -0.4 is 16.0 Å². The maximum atomic E-state index is 12.1. The molecule has 27 heavy (non-hydrogen) atoms. The molecule has 0 aliphatic rings. The van der Waals surface area contributed by atoms with Gasteiger partial charge in [-0.3, -0.25) is 4.79 Å². The van der Waals surface area contributed by atoms with Gasteiger partial charge in [0.15, 0.2) is 5.96 Å². The Morgan fingerprint density at radius 3 is 2.44 bits per heavy atom. The lowest BCUT2D eigenvalue weighted by Gasteiger charge is -2.12. The summed E-state index contributed by atoms with van der Waals surface area (Å²) in [6.07, 6.45) is 5.01. The molecule has 3 N–H and O–H groups in total. The van der Waals surface area contributed by atoms with Crippen LogP contribution in [0.15, 0.2) is 53.8 Å². The zero-order chi connectivity index (χ0) is 19.5. The Balaban J connectivity index is 1.87. The minimum atomic E-state index is -0.0283. The molecule has 0 saturated carbocycles. The average molecular weight is 370 g/mol. The number of guanidine groups is 1. The lowest BCUT2D eigenvalue weighted by Crippen LogP contribution is -2.38. The Labute approximate surface area is 162 Å². The van der Waals surface area contributed by atoms with E-state index in [1.165, 1.54) is 0 Å². The molecule has 0 bridgehead atoms. The highest BCUT2D eigenvalue weighted by atomic mass is 16.1. The molecule has 0 saturated heterocycles. The topological polar surface area (TPSA) is 70.4 Å². The molecule has 1 aromatic heterocycles. The molecule has 1 atom stereocenters. The lowest BCUT2D eigenvalue weighted by atomic mass is 10.1. The van der Waals surface area contributed by atoms with Crippen molar-refractivity contribution in [2.24, 2.45) is 4.99 Å². The number of carbonyl (C=O) groups is 1. The number of benzene rings is 1. The summed E-state index contributed by atoms with van der Waals surface area (Å²) < 4.78 is 2.12. The molecule has 1 heterocycles. The summed E-state index contributed by atoms with van der Waals surface area (Å²) in [7, 11) is 0. The van der Waals surface area contributed by atoms with Gasteiger partial charge in [0.05, 0.1) is 6.54 Å². The molecule has 1 unspecified atom stereocenters. The molecule has 146 valence electrons. The maximum absolute atomic E-state index is 12.1. The van der Waals surface area contributed by atoms with Gasteiger partial charge in [0, 0.05) is 43.6 Å². The summed E-state index contributed by atoms with van der Waals surface area (Å²) in [5, 5.41) is 9.58. The standard InChI is InChI=1S/C21H31N5O/c1-4-17(3)25-20(27)19-10-8-18(9-11-19)16-24-21(22-5-2)23-12-15-26-13-6-7-14-26/h6-11,13-14,17H,4-5,12,15-16H2,1-3H3,(H,25,27)(H2,22,23,24). The van der Waals surface area contributed by atoms with Gasteiger partial charge >= 0.3 is 0 Å². The van der Waals surface area contributed by atoms with Crippen LogP contribution in [0.5, 0.6) is 0 Å². The normalized spacial score (nSPS) is 12.5. The SMILES string of the molecule is CCNC(=NCc1ccc(C(=O)NC(C)CC)cc1)NCCn1cccc1. The third kappa shape index (κ3) is 7.17. The van der Waals surface area contributed by atoms with Crippen molar-refractivity contribution in [2.75, 3.05) is 13.1 Å². The Kier molecular flexibility index (Phi) is 8.42. The van der Waals surface area contributed by atoms with Crippen LogP contribution in [0.25, 0.3) is 0 Å². The Hall–Kier alpha value is -2.76. The van der Waals surface area contributed by atoms with Crippen molar-refractivity contribution < 1.29 is 4.79 Å². The molecular formula is C21H31N5O.